The van der Waals surface area contributed by atoms with Crippen LogP contribution < -0.4 is 10.1 Å². The lowest BCUT2D eigenvalue weighted by Gasteiger charge is -2.11. The van der Waals surface area contributed by atoms with Crippen molar-refractivity contribution in [3.63, 3.8) is 0 Å². The molecule has 0 bridgehead atoms. The predicted molar refractivity (Wildman–Crippen MR) is 65.7 cm³/mol. The van der Waals surface area contributed by atoms with Crippen molar-refractivity contribution in [3.05, 3.63) is 23.8 Å². The molecule has 0 aromatic heterocycles. The number of methoxy groups -OCH3 is 1. The zero-order valence-electron chi connectivity index (χ0n) is 10.2. The van der Waals surface area contributed by atoms with Crippen LogP contribution >= 0.6 is 0 Å². The number of ether oxygens (including phenoxy) is 1. The van der Waals surface area contributed by atoms with Gasteiger partial charge in [0.05, 0.1) is 13.2 Å². The van der Waals surface area contributed by atoms with E-state index in [2.05, 4.69) is 5.32 Å². The van der Waals surface area contributed by atoms with E-state index in [1.807, 2.05) is 0 Å². The molecule has 0 aliphatic heterocycles. The van der Waals surface area contributed by atoms with Gasteiger partial charge in [0, 0.05) is 12.1 Å². The topological polar surface area (TPSA) is 78.8 Å². The van der Waals surface area contributed by atoms with Crippen LogP contribution in [0.25, 0.3) is 0 Å². The second-order valence-electron chi connectivity index (χ2n) is 4.50. The Bertz CT molecular complexity index is 443. The van der Waals surface area contributed by atoms with Gasteiger partial charge in [-0.2, -0.15) is 0 Å². The fourth-order valence-corrected chi connectivity index (χ4v) is 1.78. The highest BCUT2D eigenvalue weighted by Gasteiger charge is 2.29. The molecule has 2 rings (SSSR count). The summed E-state index contributed by atoms with van der Waals surface area (Å²) in [4.78, 5) is 11.8. The van der Waals surface area contributed by atoms with E-state index in [0.29, 0.717) is 17.2 Å². The van der Waals surface area contributed by atoms with Gasteiger partial charge in [-0.1, -0.05) is 0 Å². The Morgan fingerprint density at radius 3 is 2.83 bits per heavy atom. The molecule has 1 aliphatic carbocycles. The summed E-state index contributed by atoms with van der Waals surface area (Å²) >= 11 is 0. The van der Waals surface area contributed by atoms with E-state index >= 15 is 0 Å². The van der Waals surface area contributed by atoms with Crippen LogP contribution in [-0.4, -0.2) is 35.9 Å². The number of carbonyl (C=O) groups is 1. The molecule has 1 fully saturated rings. The summed E-state index contributed by atoms with van der Waals surface area (Å²) in [6.45, 7) is 0.246. The van der Waals surface area contributed by atoms with Crippen molar-refractivity contribution in [1.29, 1.82) is 0 Å². The number of amides is 1. The van der Waals surface area contributed by atoms with E-state index < -0.39 is 6.10 Å². The lowest BCUT2D eigenvalue weighted by Crippen LogP contribution is -2.33. The molecule has 0 saturated heterocycles. The molecule has 98 valence electrons. The average molecular weight is 251 g/mol. The molecule has 1 atom stereocenters. The third kappa shape index (κ3) is 2.92. The molecule has 0 heterocycles. The van der Waals surface area contributed by atoms with E-state index in [9.17, 15) is 15.0 Å². The monoisotopic (exact) mass is 251 g/mol. The number of nitrogens with one attached hydrogen (secondary N) is 1. The van der Waals surface area contributed by atoms with Gasteiger partial charge in [-0.05, 0) is 37.0 Å². The Kier molecular flexibility index (Phi) is 3.72. The van der Waals surface area contributed by atoms with E-state index in [1.54, 1.807) is 6.07 Å². The number of aliphatic hydroxyl groups excluding tert-OH is 1. The van der Waals surface area contributed by atoms with Gasteiger partial charge < -0.3 is 20.3 Å². The second kappa shape index (κ2) is 5.27. The second-order valence-corrected chi connectivity index (χ2v) is 4.50. The smallest absolute Gasteiger partial charge is 0.251 e. The van der Waals surface area contributed by atoms with Crippen molar-refractivity contribution in [2.24, 2.45) is 5.92 Å². The van der Waals surface area contributed by atoms with Crippen LogP contribution in [0, 0.1) is 5.92 Å². The maximum Gasteiger partial charge on any atom is 0.251 e. The quantitative estimate of drug-likeness (QED) is 0.726. The van der Waals surface area contributed by atoms with Gasteiger partial charge in [-0.15, -0.1) is 0 Å². The Balaban J connectivity index is 1.93. The number of carbonyl (C=O) groups excluding carboxylic acids is 1. The van der Waals surface area contributed by atoms with Crippen LogP contribution in [0.15, 0.2) is 18.2 Å². The van der Waals surface area contributed by atoms with Gasteiger partial charge in [0.25, 0.3) is 5.91 Å². The number of hydrogen-bond donors (Lipinski definition) is 3. The van der Waals surface area contributed by atoms with Gasteiger partial charge >= 0.3 is 0 Å². The van der Waals surface area contributed by atoms with Crippen LogP contribution in [-0.2, 0) is 0 Å². The highest BCUT2D eigenvalue weighted by Crippen LogP contribution is 2.32. The molecule has 18 heavy (non-hydrogen) atoms. The predicted octanol–water partition coefficient (Wildman–Crippen LogP) is 0.901. The molecule has 1 amide bonds. The first-order chi connectivity index (χ1) is 8.61. The van der Waals surface area contributed by atoms with Crippen LogP contribution in [0.4, 0.5) is 0 Å². The minimum Gasteiger partial charge on any atom is -0.504 e. The summed E-state index contributed by atoms with van der Waals surface area (Å²) in [5.74, 6) is 0.264. The van der Waals surface area contributed by atoms with Crippen LogP contribution in [0.1, 0.15) is 23.2 Å². The third-order valence-corrected chi connectivity index (χ3v) is 3.08. The van der Waals surface area contributed by atoms with Crippen molar-refractivity contribution in [3.8, 4) is 11.5 Å². The van der Waals surface area contributed by atoms with Gasteiger partial charge in [-0.3, -0.25) is 4.79 Å². The van der Waals surface area contributed by atoms with Crippen molar-refractivity contribution >= 4 is 5.91 Å². The summed E-state index contributed by atoms with van der Waals surface area (Å²) in [6, 6.07) is 4.44. The van der Waals surface area contributed by atoms with Crippen molar-refractivity contribution < 1.29 is 19.7 Å². The van der Waals surface area contributed by atoms with Crippen molar-refractivity contribution in [1.82, 2.24) is 5.32 Å². The van der Waals surface area contributed by atoms with Gasteiger partial charge in [-0.25, -0.2) is 0 Å². The third-order valence-electron chi connectivity index (χ3n) is 3.08. The van der Waals surface area contributed by atoms with E-state index in [0.717, 1.165) is 12.8 Å². The first-order valence-corrected chi connectivity index (χ1v) is 5.95. The fourth-order valence-electron chi connectivity index (χ4n) is 1.78. The summed E-state index contributed by atoms with van der Waals surface area (Å²) in [6.07, 6.45) is 1.58. The van der Waals surface area contributed by atoms with E-state index in [1.165, 1.54) is 19.2 Å². The van der Waals surface area contributed by atoms with Gasteiger partial charge in [0.15, 0.2) is 11.5 Å². The standard InChI is InChI=1S/C13H17NO4/c1-18-12-5-4-9(6-10(12)15)13(17)14-7-11(16)8-2-3-8/h4-6,8,11,15-16H,2-3,7H2,1H3,(H,14,17). The molecular formula is C13H17NO4. The minimum absolute atomic E-state index is 0.0760. The maximum absolute atomic E-state index is 11.8. The molecule has 1 aliphatic rings. The van der Waals surface area contributed by atoms with Crippen molar-refractivity contribution in [2.45, 2.75) is 18.9 Å². The molecule has 1 aromatic carbocycles. The lowest BCUT2D eigenvalue weighted by atomic mass is 10.1. The van der Waals surface area contributed by atoms with Crippen LogP contribution in [0.2, 0.25) is 0 Å². The zero-order valence-corrected chi connectivity index (χ0v) is 10.2. The summed E-state index contributed by atoms with van der Waals surface area (Å²) < 4.78 is 4.90. The Hall–Kier alpha value is -1.75. The Labute approximate surface area is 105 Å². The average Bonchev–Trinajstić information content (AvgIpc) is 3.19. The molecular weight excluding hydrogens is 234 g/mol. The highest BCUT2D eigenvalue weighted by atomic mass is 16.5. The van der Waals surface area contributed by atoms with Crippen LogP contribution in [0.3, 0.4) is 0 Å². The lowest BCUT2D eigenvalue weighted by molar-refractivity contribution is 0.0900. The first-order valence-electron chi connectivity index (χ1n) is 5.95. The highest BCUT2D eigenvalue weighted by molar-refractivity contribution is 5.94. The number of aliphatic hydroxyl groups is 1. The molecule has 1 aromatic rings. The SMILES string of the molecule is COc1ccc(C(=O)NCC(O)C2CC2)cc1O. The number of phenolic OH excluding ortho intramolecular Hbond substituents is 1. The van der Waals surface area contributed by atoms with E-state index in [-0.39, 0.29) is 18.2 Å². The van der Waals surface area contributed by atoms with Crippen LogP contribution in [0.5, 0.6) is 11.5 Å². The zero-order chi connectivity index (χ0) is 13.1. The fraction of sp³-hybridized carbons (Fsp3) is 0.462. The summed E-state index contributed by atoms with van der Waals surface area (Å²) in [5.41, 5.74) is 0.344. The first kappa shape index (κ1) is 12.7. The normalized spacial score (nSPS) is 16.1. The molecule has 0 spiro atoms. The Morgan fingerprint density at radius 1 is 1.56 bits per heavy atom. The molecule has 0 radical (unpaired) electrons. The number of rotatable bonds is 5. The largest absolute Gasteiger partial charge is 0.504 e. The number of aromatic hydroxyl groups is 1. The maximum atomic E-state index is 11.8. The Morgan fingerprint density at radius 2 is 2.28 bits per heavy atom. The van der Waals surface area contributed by atoms with Crippen molar-refractivity contribution in [2.75, 3.05) is 13.7 Å². The summed E-state index contributed by atoms with van der Waals surface area (Å²) in [5, 5.41) is 21.8. The van der Waals surface area contributed by atoms with Gasteiger partial charge in [0.1, 0.15) is 0 Å². The molecule has 5 nitrogen and oxygen atoms in total. The molecule has 3 N–H and O–H groups in total. The van der Waals surface area contributed by atoms with Gasteiger partial charge in [0.2, 0.25) is 0 Å². The van der Waals surface area contributed by atoms with E-state index in [4.69, 9.17) is 4.74 Å². The molecule has 1 saturated carbocycles. The number of benzene rings is 1. The minimum atomic E-state index is -0.471. The number of phenols is 1. The molecule has 5 heteroatoms. The number of hydrogen-bond acceptors (Lipinski definition) is 4. The summed E-state index contributed by atoms with van der Waals surface area (Å²) in [7, 11) is 1.45. The molecule has 1 unspecified atom stereocenters.